The van der Waals surface area contributed by atoms with Gasteiger partial charge in [-0.1, -0.05) is 32.8 Å². The van der Waals surface area contributed by atoms with Crippen molar-refractivity contribution in [3.05, 3.63) is 28.3 Å². The highest BCUT2D eigenvalue weighted by Gasteiger charge is 2.32. The Balaban J connectivity index is 1.29. The third-order valence-corrected chi connectivity index (χ3v) is 7.60. The van der Waals surface area contributed by atoms with Crippen molar-refractivity contribution < 1.29 is 4.79 Å². The number of hydrogen-bond donors (Lipinski definition) is 2. The lowest BCUT2D eigenvalue weighted by molar-refractivity contribution is 0.111. The molecule has 2 amide bonds. The summed E-state index contributed by atoms with van der Waals surface area (Å²) >= 11 is 1.61. The maximum absolute atomic E-state index is 12.6. The van der Waals surface area contributed by atoms with Gasteiger partial charge in [0.05, 0.1) is 5.25 Å². The molecule has 1 aromatic rings. The molecule has 0 aromatic heterocycles. The van der Waals surface area contributed by atoms with Crippen LogP contribution in [0.4, 0.5) is 10.5 Å². The lowest BCUT2D eigenvalue weighted by Crippen LogP contribution is -2.55. The fourth-order valence-electron chi connectivity index (χ4n) is 5.26. The summed E-state index contributed by atoms with van der Waals surface area (Å²) in [6, 6.07) is 3.10. The molecule has 2 aliphatic carbocycles. The predicted molar refractivity (Wildman–Crippen MR) is 119 cm³/mol. The number of nitrogens with one attached hydrogen (secondary N) is 2. The molecule has 0 spiro atoms. The number of nitrogens with zero attached hydrogens (tertiary/aromatic N) is 1. The summed E-state index contributed by atoms with van der Waals surface area (Å²) in [5.74, 6) is 0. The first-order valence-electron chi connectivity index (χ1n) is 11.3. The number of benzene rings is 1. The lowest BCUT2D eigenvalue weighted by Gasteiger charge is -2.44. The Kier molecular flexibility index (Phi) is 6.52. The largest absolute Gasteiger partial charge is 0.329 e. The van der Waals surface area contributed by atoms with Gasteiger partial charge in [0.2, 0.25) is 0 Å². The van der Waals surface area contributed by atoms with Crippen molar-refractivity contribution in [3.63, 3.8) is 0 Å². The zero-order chi connectivity index (χ0) is 19.5. The first kappa shape index (κ1) is 20.1. The van der Waals surface area contributed by atoms with Gasteiger partial charge in [0.25, 0.3) is 0 Å². The summed E-state index contributed by atoms with van der Waals surface area (Å²) in [7, 11) is 0. The quantitative estimate of drug-likeness (QED) is 0.597. The SMILES string of the molecule is CCCC(CCC)N1CC(SNC(=O)Nc2c3c(cc4c2CCC4)CCC3)C1. The second-order valence-electron chi connectivity index (χ2n) is 8.72. The topological polar surface area (TPSA) is 44.4 Å². The Hall–Kier alpha value is -1.20. The van der Waals surface area contributed by atoms with Gasteiger partial charge in [-0.2, -0.15) is 0 Å². The molecular weight excluding hydrogens is 366 g/mol. The highest BCUT2D eigenvalue weighted by atomic mass is 32.2. The van der Waals surface area contributed by atoms with Crippen molar-refractivity contribution in [2.24, 2.45) is 0 Å². The van der Waals surface area contributed by atoms with Gasteiger partial charge < -0.3 is 5.32 Å². The van der Waals surface area contributed by atoms with Crippen LogP contribution in [0.3, 0.4) is 0 Å². The van der Waals surface area contributed by atoms with E-state index >= 15 is 0 Å². The molecule has 0 radical (unpaired) electrons. The highest BCUT2D eigenvalue weighted by molar-refractivity contribution is 7.98. The summed E-state index contributed by atoms with van der Waals surface area (Å²) in [5, 5.41) is 3.76. The van der Waals surface area contributed by atoms with Crippen LogP contribution in [0, 0.1) is 0 Å². The van der Waals surface area contributed by atoms with Crippen molar-refractivity contribution in [2.45, 2.75) is 89.3 Å². The van der Waals surface area contributed by atoms with Crippen molar-refractivity contribution in [1.82, 2.24) is 9.62 Å². The highest BCUT2D eigenvalue weighted by Crippen LogP contribution is 2.38. The van der Waals surface area contributed by atoms with Crippen molar-refractivity contribution in [1.29, 1.82) is 0 Å². The Bertz CT molecular complexity index is 676. The van der Waals surface area contributed by atoms with Gasteiger partial charge in [-0.05, 0) is 85.6 Å². The van der Waals surface area contributed by atoms with Gasteiger partial charge in [-0.25, -0.2) is 4.79 Å². The maximum Gasteiger partial charge on any atom is 0.329 e. The van der Waals surface area contributed by atoms with E-state index in [9.17, 15) is 4.79 Å². The fourth-order valence-corrected chi connectivity index (χ4v) is 6.12. The first-order valence-corrected chi connectivity index (χ1v) is 12.2. The molecule has 154 valence electrons. The van der Waals surface area contributed by atoms with Gasteiger partial charge in [-0.15, -0.1) is 0 Å². The zero-order valence-corrected chi connectivity index (χ0v) is 18.3. The van der Waals surface area contributed by atoms with Crippen LogP contribution in [-0.2, 0) is 25.7 Å². The number of carbonyl (C=O) groups excluding carboxylic acids is 1. The average Bonchev–Trinajstić information content (AvgIpc) is 3.29. The summed E-state index contributed by atoms with van der Waals surface area (Å²) in [4.78, 5) is 15.2. The number of hydrogen-bond acceptors (Lipinski definition) is 3. The third kappa shape index (κ3) is 4.20. The number of likely N-dealkylation sites (tertiary alicyclic amines) is 1. The molecule has 3 aliphatic rings. The molecule has 4 nitrogen and oxygen atoms in total. The van der Waals surface area contributed by atoms with Gasteiger partial charge in [0.1, 0.15) is 0 Å². The fraction of sp³-hybridized carbons (Fsp3) is 0.696. The Morgan fingerprint density at radius 3 is 2.25 bits per heavy atom. The second-order valence-corrected chi connectivity index (χ2v) is 9.82. The van der Waals surface area contributed by atoms with Crippen molar-refractivity contribution in [2.75, 3.05) is 18.4 Å². The molecule has 1 aliphatic heterocycles. The summed E-state index contributed by atoms with van der Waals surface area (Å²) in [6.07, 6.45) is 12.1. The van der Waals surface area contributed by atoms with Gasteiger partial charge in [0.15, 0.2) is 0 Å². The normalized spacial score (nSPS) is 18.8. The van der Waals surface area contributed by atoms with Gasteiger partial charge >= 0.3 is 6.03 Å². The van der Waals surface area contributed by atoms with E-state index < -0.39 is 0 Å². The minimum Gasteiger partial charge on any atom is -0.307 e. The molecule has 28 heavy (non-hydrogen) atoms. The van der Waals surface area contributed by atoms with Crippen LogP contribution < -0.4 is 10.0 Å². The minimum absolute atomic E-state index is 0.0449. The number of urea groups is 1. The van der Waals surface area contributed by atoms with Crippen LogP contribution in [0.1, 0.15) is 74.6 Å². The predicted octanol–water partition coefficient (Wildman–Crippen LogP) is 5.09. The van der Waals surface area contributed by atoms with E-state index in [4.69, 9.17) is 0 Å². The minimum atomic E-state index is -0.0449. The number of amides is 2. The summed E-state index contributed by atoms with van der Waals surface area (Å²) in [5.41, 5.74) is 6.88. The Morgan fingerprint density at radius 2 is 1.68 bits per heavy atom. The van der Waals surface area contributed by atoms with Crippen LogP contribution in [0.25, 0.3) is 0 Å². The van der Waals surface area contributed by atoms with E-state index in [1.807, 2.05) is 0 Å². The van der Waals surface area contributed by atoms with Crippen molar-refractivity contribution >= 4 is 23.7 Å². The molecule has 0 atom stereocenters. The smallest absolute Gasteiger partial charge is 0.307 e. The van der Waals surface area contributed by atoms with E-state index in [0.29, 0.717) is 5.25 Å². The van der Waals surface area contributed by atoms with Crippen LogP contribution in [0.2, 0.25) is 0 Å². The molecule has 4 rings (SSSR count). The lowest BCUT2D eigenvalue weighted by atomic mass is 9.99. The molecule has 0 unspecified atom stereocenters. The maximum atomic E-state index is 12.6. The molecule has 1 saturated heterocycles. The van der Waals surface area contributed by atoms with Crippen LogP contribution in [-0.4, -0.2) is 35.3 Å². The standard InChI is InChI=1S/C23H35N3OS/c1-3-7-18(8-4-2)26-14-19(15-26)28-25-23(27)24-22-20-11-5-9-16(20)13-17-10-6-12-21(17)22/h13,18-19H,3-12,14-15H2,1-2H3,(H2,24,25,27). The van der Waals surface area contributed by atoms with E-state index in [1.54, 1.807) is 11.9 Å². The summed E-state index contributed by atoms with van der Waals surface area (Å²) < 4.78 is 3.08. The van der Waals surface area contributed by atoms with Crippen LogP contribution >= 0.6 is 11.9 Å². The molecule has 1 fully saturated rings. The first-order chi connectivity index (χ1) is 13.7. The van der Waals surface area contributed by atoms with Crippen LogP contribution in [0.15, 0.2) is 6.07 Å². The molecular formula is C23H35N3OS. The molecule has 1 aromatic carbocycles. The number of rotatable bonds is 8. The van der Waals surface area contributed by atoms with E-state index in [2.05, 4.69) is 34.9 Å². The molecule has 5 heteroatoms. The zero-order valence-electron chi connectivity index (χ0n) is 17.5. The monoisotopic (exact) mass is 401 g/mol. The van der Waals surface area contributed by atoms with E-state index in [0.717, 1.165) is 37.7 Å². The van der Waals surface area contributed by atoms with Crippen LogP contribution in [0.5, 0.6) is 0 Å². The van der Waals surface area contributed by atoms with E-state index in [1.165, 1.54) is 73.6 Å². The second kappa shape index (κ2) is 9.08. The Labute approximate surface area is 174 Å². The molecule has 0 saturated carbocycles. The number of aryl methyl sites for hydroxylation is 2. The summed E-state index contributed by atoms with van der Waals surface area (Å²) in [6.45, 7) is 6.76. The number of fused-ring (bicyclic) bond motifs is 2. The van der Waals surface area contributed by atoms with E-state index in [-0.39, 0.29) is 6.03 Å². The van der Waals surface area contributed by atoms with Gasteiger partial charge in [-0.3, -0.25) is 9.62 Å². The average molecular weight is 402 g/mol. The molecule has 1 heterocycles. The molecule has 2 N–H and O–H groups in total. The van der Waals surface area contributed by atoms with Crippen molar-refractivity contribution in [3.8, 4) is 0 Å². The third-order valence-electron chi connectivity index (χ3n) is 6.67. The number of carbonyl (C=O) groups is 1. The van der Waals surface area contributed by atoms with Gasteiger partial charge in [0, 0.05) is 24.8 Å². The Morgan fingerprint density at radius 1 is 1.07 bits per heavy atom. The number of anilines is 1. The molecule has 0 bridgehead atoms.